The highest BCUT2D eigenvalue weighted by atomic mass is 16.6. The number of alkyl carbamates (subject to hydrolysis) is 1. The first-order chi connectivity index (χ1) is 25.5. The standard InChI is InChI=1S/C38H56N8O8/c1-8-12-29(44-34(49)30(14-11-20-41-36(40)46(6)7)43-32(47)27-21-28(22-39)52-24-27)33(48)45-31(13-9-10-19-42-37(51)54-38(3,4)5)35(50)53-23-26-17-15-25(2)16-18-26/h1,15-18,21,24,29-31H,9-14,19-20,22-23,39H2,2-7H3,(H2,40,41)(H,42,51)(H,43,47)(H,44,49)(H,45,48)/t29-,30-,31-/m0/s1. The van der Waals surface area contributed by atoms with Crippen LogP contribution in [0, 0.1) is 19.3 Å². The minimum Gasteiger partial charge on any atom is -0.467 e. The quantitative estimate of drug-likeness (QED) is 0.0378. The van der Waals surface area contributed by atoms with Crippen molar-refractivity contribution < 1.29 is 37.9 Å². The van der Waals surface area contributed by atoms with E-state index in [2.05, 4.69) is 32.2 Å². The summed E-state index contributed by atoms with van der Waals surface area (Å²) in [5.41, 5.74) is 12.8. The van der Waals surface area contributed by atoms with Gasteiger partial charge in [0.2, 0.25) is 11.8 Å². The molecule has 16 heteroatoms. The van der Waals surface area contributed by atoms with E-state index in [1.165, 1.54) is 12.3 Å². The van der Waals surface area contributed by atoms with Crippen molar-refractivity contribution in [3.63, 3.8) is 0 Å². The van der Waals surface area contributed by atoms with Gasteiger partial charge in [-0.1, -0.05) is 29.8 Å². The van der Waals surface area contributed by atoms with E-state index in [9.17, 15) is 24.0 Å². The predicted octanol–water partition coefficient (Wildman–Crippen LogP) is 2.23. The van der Waals surface area contributed by atoms with Crippen LogP contribution in [0.2, 0.25) is 0 Å². The van der Waals surface area contributed by atoms with Gasteiger partial charge in [0, 0.05) is 33.6 Å². The van der Waals surface area contributed by atoms with Gasteiger partial charge >= 0.3 is 12.1 Å². The van der Waals surface area contributed by atoms with Crippen LogP contribution in [0.1, 0.15) is 86.5 Å². The van der Waals surface area contributed by atoms with Gasteiger partial charge in [-0.2, -0.15) is 0 Å². The van der Waals surface area contributed by atoms with Gasteiger partial charge in [-0.05, 0) is 71.4 Å². The number of unbranched alkanes of at least 4 members (excludes halogenated alkanes) is 1. The van der Waals surface area contributed by atoms with Gasteiger partial charge in [-0.15, -0.1) is 12.3 Å². The minimum atomic E-state index is -1.26. The Morgan fingerprint density at radius 1 is 0.963 bits per heavy atom. The minimum absolute atomic E-state index is 0.0226. The van der Waals surface area contributed by atoms with Crippen molar-refractivity contribution in [2.75, 3.05) is 27.2 Å². The largest absolute Gasteiger partial charge is 0.467 e. The fourth-order valence-electron chi connectivity index (χ4n) is 4.79. The number of benzene rings is 1. The molecule has 1 aromatic carbocycles. The van der Waals surface area contributed by atoms with Crippen molar-refractivity contribution in [2.45, 2.75) is 103 Å². The van der Waals surface area contributed by atoms with E-state index in [1.807, 2.05) is 31.2 Å². The van der Waals surface area contributed by atoms with Crippen molar-refractivity contribution in [1.82, 2.24) is 26.2 Å². The van der Waals surface area contributed by atoms with Crippen LogP contribution in [0.3, 0.4) is 0 Å². The number of aryl methyl sites for hydroxylation is 1. The van der Waals surface area contributed by atoms with Crippen LogP contribution in [-0.2, 0) is 37.0 Å². The topological polar surface area (TPSA) is 233 Å². The second kappa shape index (κ2) is 22.5. The van der Waals surface area contributed by atoms with Crippen LogP contribution >= 0.6 is 0 Å². The molecule has 54 heavy (non-hydrogen) atoms. The Kier molecular flexibility index (Phi) is 18.6. The average molecular weight is 753 g/mol. The lowest BCUT2D eigenvalue weighted by Crippen LogP contribution is -2.55. The fourth-order valence-corrected chi connectivity index (χ4v) is 4.79. The van der Waals surface area contributed by atoms with E-state index in [1.54, 1.807) is 39.8 Å². The van der Waals surface area contributed by atoms with Crippen LogP contribution in [0.25, 0.3) is 0 Å². The maximum atomic E-state index is 13.7. The zero-order chi connectivity index (χ0) is 40.3. The number of ether oxygens (including phenoxy) is 2. The third-order valence-corrected chi connectivity index (χ3v) is 7.77. The number of aliphatic imine (C=N–C) groups is 1. The van der Waals surface area contributed by atoms with E-state index in [4.69, 9.17) is 31.8 Å². The summed E-state index contributed by atoms with van der Waals surface area (Å²) < 4.78 is 16.1. The van der Waals surface area contributed by atoms with Crippen molar-refractivity contribution in [1.29, 1.82) is 0 Å². The fraction of sp³-hybridized carbons (Fsp3) is 0.526. The molecule has 8 N–H and O–H groups in total. The van der Waals surface area contributed by atoms with Crippen LogP contribution in [0.15, 0.2) is 46.0 Å². The van der Waals surface area contributed by atoms with Crippen molar-refractivity contribution in [2.24, 2.45) is 16.5 Å². The molecular formula is C38H56N8O8. The monoisotopic (exact) mass is 752 g/mol. The number of nitrogens with zero attached hydrogens (tertiary/aromatic N) is 2. The van der Waals surface area contributed by atoms with Gasteiger partial charge in [-0.3, -0.25) is 19.4 Å². The van der Waals surface area contributed by atoms with Gasteiger partial charge in [0.15, 0.2) is 5.96 Å². The summed E-state index contributed by atoms with van der Waals surface area (Å²) in [5, 5.41) is 10.7. The van der Waals surface area contributed by atoms with E-state index in [0.717, 1.165) is 11.1 Å². The van der Waals surface area contributed by atoms with E-state index >= 15 is 0 Å². The second-order valence-corrected chi connectivity index (χ2v) is 13.9. The lowest BCUT2D eigenvalue weighted by molar-refractivity contribution is -0.149. The van der Waals surface area contributed by atoms with Crippen molar-refractivity contribution >= 4 is 35.7 Å². The Hall–Kier alpha value is -5.56. The smallest absolute Gasteiger partial charge is 0.407 e. The first-order valence-electron chi connectivity index (χ1n) is 17.8. The normalized spacial score (nSPS) is 13.0. The van der Waals surface area contributed by atoms with Crippen LogP contribution in [0.5, 0.6) is 0 Å². The van der Waals surface area contributed by atoms with Crippen LogP contribution in [0.4, 0.5) is 4.79 Å². The highest BCUT2D eigenvalue weighted by Crippen LogP contribution is 2.12. The molecule has 2 aromatic rings. The number of nitrogens with one attached hydrogen (secondary N) is 4. The van der Waals surface area contributed by atoms with Gasteiger partial charge < -0.3 is 51.5 Å². The number of guanidine groups is 1. The molecule has 0 fully saturated rings. The number of terminal acetylenes is 1. The first kappa shape index (κ1) is 44.6. The first-order valence-corrected chi connectivity index (χ1v) is 17.8. The van der Waals surface area contributed by atoms with E-state index in [0.29, 0.717) is 31.0 Å². The molecule has 1 aromatic heterocycles. The number of amides is 4. The highest BCUT2D eigenvalue weighted by molar-refractivity contribution is 5.98. The average Bonchev–Trinajstić information content (AvgIpc) is 3.60. The molecule has 296 valence electrons. The van der Waals surface area contributed by atoms with E-state index < -0.39 is 53.5 Å². The van der Waals surface area contributed by atoms with Gasteiger partial charge in [0.05, 0.1) is 12.1 Å². The van der Waals surface area contributed by atoms with Gasteiger partial charge in [0.1, 0.15) is 42.4 Å². The highest BCUT2D eigenvalue weighted by Gasteiger charge is 2.30. The molecule has 0 aliphatic rings. The number of hydrogen-bond donors (Lipinski definition) is 6. The van der Waals surface area contributed by atoms with Crippen molar-refractivity contribution in [3.8, 4) is 12.3 Å². The second-order valence-electron chi connectivity index (χ2n) is 13.9. The summed E-state index contributed by atoms with van der Waals surface area (Å²) in [5.74, 6) is 0.388. The number of furan rings is 1. The van der Waals surface area contributed by atoms with Crippen molar-refractivity contribution in [3.05, 3.63) is 59.0 Å². The lowest BCUT2D eigenvalue weighted by Gasteiger charge is -2.24. The zero-order valence-corrected chi connectivity index (χ0v) is 32.2. The molecule has 3 atom stereocenters. The molecular weight excluding hydrogens is 696 g/mol. The summed E-state index contributed by atoms with van der Waals surface area (Å²) in [4.78, 5) is 71.7. The number of carbonyl (C=O) groups is 5. The third-order valence-electron chi connectivity index (χ3n) is 7.77. The number of carbonyl (C=O) groups excluding carboxylic acids is 5. The maximum Gasteiger partial charge on any atom is 0.407 e. The van der Waals surface area contributed by atoms with Gasteiger partial charge in [-0.25, -0.2) is 9.59 Å². The molecule has 0 unspecified atom stereocenters. The molecule has 0 saturated heterocycles. The summed E-state index contributed by atoms with van der Waals surface area (Å²) in [6.07, 6.45) is 7.59. The Bertz CT molecular complexity index is 1610. The van der Waals surface area contributed by atoms with Crippen LogP contribution < -0.4 is 32.7 Å². The number of nitrogens with two attached hydrogens (primary N) is 2. The molecule has 0 saturated carbocycles. The molecule has 0 aliphatic heterocycles. The summed E-state index contributed by atoms with van der Waals surface area (Å²) in [6.45, 7) is 7.80. The molecule has 0 radical (unpaired) electrons. The Morgan fingerprint density at radius 3 is 2.22 bits per heavy atom. The van der Waals surface area contributed by atoms with E-state index in [-0.39, 0.29) is 51.1 Å². The number of hydrogen-bond acceptors (Lipinski definition) is 10. The van der Waals surface area contributed by atoms with Crippen LogP contribution in [-0.4, -0.2) is 91.6 Å². The predicted molar refractivity (Wildman–Crippen MR) is 204 cm³/mol. The Labute approximate surface area is 317 Å². The Morgan fingerprint density at radius 2 is 1.61 bits per heavy atom. The number of rotatable bonds is 20. The molecule has 0 aliphatic carbocycles. The summed E-state index contributed by atoms with van der Waals surface area (Å²) in [6, 6.07) is 5.44. The SMILES string of the molecule is C#CC[C@H](NC(=O)[C@H](CCCN=C(N)N(C)C)NC(=O)c1coc(CN)c1)C(=O)N[C@@H](CCCCNC(=O)OC(C)(C)C)C(=O)OCc1ccc(C)cc1. The zero-order valence-electron chi connectivity index (χ0n) is 32.2. The molecule has 0 bridgehead atoms. The molecule has 4 amide bonds. The number of esters is 1. The summed E-state index contributed by atoms with van der Waals surface area (Å²) >= 11 is 0. The Balaban J connectivity index is 2.18. The maximum absolute atomic E-state index is 13.7. The molecule has 0 spiro atoms. The van der Waals surface area contributed by atoms with Gasteiger partial charge in [0.25, 0.3) is 5.91 Å². The third kappa shape index (κ3) is 16.8. The lowest BCUT2D eigenvalue weighted by atomic mass is 10.1. The summed E-state index contributed by atoms with van der Waals surface area (Å²) in [7, 11) is 3.48. The molecule has 2 rings (SSSR count). The molecule has 16 nitrogen and oxygen atoms in total. The molecule has 1 heterocycles.